The number of carbonyl (C=O) groups is 1. The Kier molecular flexibility index (Phi) is 4.14. The molecule has 2 aromatic rings. The number of carboxylic acids is 1. The molecule has 0 radical (unpaired) electrons. The largest absolute Gasteiger partial charge is 0.478 e. The third kappa shape index (κ3) is 2.97. The van der Waals surface area contributed by atoms with Gasteiger partial charge in [-0.05, 0) is 37.1 Å². The van der Waals surface area contributed by atoms with Crippen molar-refractivity contribution in [2.24, 2.45) is 0 Å². The predicted octanol–water partition coefficient (Wildman–Crippen LogP) is 3.00. The van der Waals surface area contributed by atoms with E-state index >= 15 is 0 Å². The van der Waals surface area contributed by atoms with E-state index in [1.807, 2.05) is 0 Å². The van der Waals surface area contributed by atoms with Crippen LogP contribution in [-0.4, -0.2) is 15.6 Å². The van der Waals surface area contributed by atoms with E-state index in [1.54, 1.807) is 13.8 Å². The Morgan fingerprint density at radius 1 is 1.33 bits per heavy atom. The molecule has 0 saturated carbocycles. The van der Waals surface area contributed by atoms with Crippen LogP contribution in [0.2, 0.25) is 5.02 Å². The molecule has 1 heterocycles. The van der Waals surface area contributed by atoms with Gasteiger partial charge in [0.05, 0.1) is 17.1 Å². The normalized spacial score (nSPS) is 10.7. The van der Waals surface area contributed by atoms with E-state index in [1.165, 1.54) is 28.8 Å². The highest BCUT2D eigenvalue weighted by atomic mass is 35.5. The second-order valence-electron chi connectivity index (χ2n) is 4.77. The molecule has 0 aliphatic carbocycles. The third-order valence-corrected chi connectivity index (χ3v) is 3.60. The zero-order chi connectivity index (χ0) is 15.7. The van der Waals surface area contributed by atoms with E-state index < -0.39 is 11.8 Å². The summed E-state index contributed by atoms with van der Waals surface area (Å²) in [5.41, 5.74) is 1.18. The highest BCUT2D eigenvalue weighted by Gasteiger charge is 2.16. The van der Waals surface area contributed by atoms with Crippen LogP contribution in [-0.2, 0) is 6.54 Å². The van der Waals surface area contributed by atoms with E-state index in [2.05, 4.69) is 0 Å². The van der Waals surface area contributed by atoms with Gasteiger partial charge in [-0.3, -0.25) is 4.79 Å². The van der Waals surface area contributed by atoms with Gasteiger partial charge in [0.1, 0.15) is 5.82 Å². The molecule has 1 N–H and O–H groups in total. The van der Waals surface area contributed by atoms with Crippen molar-refractivity contribution < 1.29 is 14.3 Å². The number of aromatic nitrogens is 1. The van der Waals surface area contributed by atoms with Crippen LogP contribution in [0.4, 0.5) is 4.39 Å². The standard InChI is InChI=1S/C15H13ClFNO3/c1-8-5-13(19)18(9(2)14(8)15(20)21)7-10-3-4-12(17)11(16)6-10/h3-6H,7H2,1-2H3,(H,20,21). The lowest BCUT2D eigenvalue weighted by atomic mass is 10.1. The topological polar surface area (TPSA) is 59.3 Å². The minimum absolute atomic E-state index is 0.0382. The Balaban J connectivity index is 2.54. The van der Waals surface area contributed by atoms with Crippen molar-refractivity contribution in [3.63, 3.8) is 0 Å². The molecule has 1 aromatic carbocycles. The second-order valence-corrected chi connectivity index (χ2v) is 5.17. The molecular weight excluding hydrogens is 297 g/mol. The fourth-order valence-corrected chi connectivity index (χ4v) is 2.46. The van der Waals surface area contributed by atoms with Gasteiger partial charge in [-0.1, -0.05) is 17.7 Å². The maximum absolute atomic E-state index is 13.1. The first-order chi connectivity index (χ1) is 9.81. The maximum Gasteiger partial charge on any atom is 0.337 e. The fraction of sp³-hybridized carbons (Fsp3) is 0.200. The fourth-order valence-electron chi connectivity index (χ4n) is 2.26. The number of hydrogen-bond acceptors (Lipinski definition) is 2. The zero-order valence-corrected chi connectivity index (χ0v) is 12.2. The third-order valence-electron chi connectivity index (χ3n) is 3.31. The van der Waals surface area contributed by atoms with Crippen molar-refractivity contribution in [2.75, 3.05) is 0 Å². The summed E-state index contributed by atoms with van der Waals surface area (Å²) >= 11 is 5.71. The Morgan fingerprint density at radius 3 is 2.57 bits per heavy atom. The number of nitrogens with zero attached hydrogens (tertiary/aromatic N) is 1. The Hall–Kier alpha value is -2.14. The lowest BCUT2D eigenvalue weighted by Crippen LogP contribution is -2.26. The summed E-state index contributed by atoms with van der Waals surface area (Å²) < 4.78 is 14.5. The van der Waals surface area contributed by atoms with Crippen LogP contribution in [0.15, 0.2) is 29.1 Å². The van der Waals surface area contributed by atoms with Crippen LogP contribution in [0, 0.1) is 19.7 Å². The van der Waals surface area contributed by atoms with E-state index in [-0.39, 0.29) is 22.7 Å². The molecule has 21 heavy (non-hydrogen) atoms. The smallest absolute Gasteiger partial charge is 0.337 e. The van der Waals surface area contributed by atoms with Crippen molar-refractivity contribution >= 4 is 17.6 Å². The number of pyridine rings is 1. The van der Waals surface area contributed by atoms with Crippen LogP contribution in [0.1, 0.15) is 27.2 Å². The summed E-state index contributed by atoms with van der Waals surface area (Å²) in [4.78, 5) is 23.3. The molecule has 1 aromatic heterocycles. The number of halogens is 2. The average molecular weight is 310 g/mol. The molecule has 0 aliphatic rings. The van der Waals surface area contributed by atoms with Crippen molar-refractivity contribution in [1.82, 2.24) is 4.57 Å². The van der Waals surface area contributed by atoms with Gasteiger partial charge in [0.25, 0.3) is 5.56 Å². The maximum atomic E-state index is 13.1. The second kappa shape index (κ2) is 5.69. The Morgan fingerprint density at radius 2 is 2.00 bits per heavy atom. The number of carboxylic acid groups (broad SMARTS) is 1. The van der Waals surface area contributed by atoms with Crippen LogP contribution in [0.5, 0.6) is 0 Å². The quantitative estimate of drug-likeness (QED) is 0.948. The zero-order valence-electron chi connectivity index (χ0n) is 11.5. The van der Waals surface area contributed by atoms with Crippen LogP contribution < -0.4 is 5.56 Å². The van der Waals surface area contributed by atoms with Gasteiger partial charge in [0, 0.05) is 11.8 Å². The highest BCUT2D eigenvalue weighted by molar-refractivity contribution is 6.30. The minimum atomic E-state index is -1.09. The number of aromatic carboxylic acids is 1. The molecule has 6 heteroatoms. The van der Waals surface area contributed by atoms with Crippen LogP contribution in [0.3, 0.4) is 0 Å². The number of benzene rings is 1. The number of rotatable bonds is 3. The Bertz CT molecular complexity index is 783. The minimum Gasteiger partial charge on any atom is -0.478 e. The number of aryl methyl sites for hydroxylation is 1. The molecule has 0 atom stereocenters. The molecule has 0 saturated heterocycles. The van der Waals surface area contributed by atoms with Gasteiger partial charge in [0.15, 0.2) is 0 Å². The van der Waals surface area contributed by atoms with Crippen molar-refractivity contribution in [1.29, 1.82) is 0 Å². The van der Waals surface area contributed by atoms with Crippen LogP contribution in [0.25, 0.3) is 0 Å². The first kappa shape index (κ1) is 15.3. The van der Waals surface area contributed by atoms with Crippen molar-refractivity contribution in [3.8, 4) is 0 Å². The van der Waals surface area contributed by atoms with Crippen LogP contribution >= 0.6 is 11.6 Å². The monoisotopic (exact) mass is 309 g/mol. The first-order valence-electron chi connectivity index (χ1n) is 6.19. The average Bonchev–Trinajstić information content (AvgIpc) is 2.38. The van der Waals surface area contributed by atoms with Gasteiger partial charge in [0.2, 0.25) is 0 Å². The summed E-state index contributed by atoms with van der Waals surface area (Å²) in [7, 11) is 0. The molecule has 0 amide bonds. The van der Waals surface area contributed by atoms with Gasteiger partial charge in [-0.2, -0.15) is 0 Å². The SMILES string of the molecule is Cc1cc(=O)n(Cc2ccc(F)c(Cl)c2)c(C)c1C(=O)O. The molecule has 0 aliphatic heterocycles. The van der Waals surface area contributed by atoms with Gasteiger partial charge < -0.3 is 9.67 Å². The summed E-state index contributed by atoms with van der Waals surface area (Å²) in [6.45, 7) is 3.28. The lowest BCUT2D eigenvalue weighted by Gasteiger charge is -2.14. The van der Waals surface area contributed by atoms with E-state index in [0.717, 1.165) is 0 Å². The summed E-state index contributed by atoms with van der Waals surface area (Å²) in [6, 6.07) is 5.42. The molecule has 0 bridgehead atoms. The van der Waals surface area contributed by atoms with Gasteiger partial charge in [-0.15, -0.1) is 0 Å². The van der Waals surface area contributed by atoms with Crippen molar-refractivity contribution in [2.45, 2.75) is 20.4 Å². The highest BCUT2D eigenvalue weighted by Crippen LogP contribution is 2.18. The molecule has 0 spiro atoms. The number of hydrogen-bond donors (Lipinski definition) is 1. The molecular formula is C15H13ClFNO3. The molecule has 4 nitrogen and oxygen atoms in total. The van der Waals surface area contributed by atoms with E-state index in [0.29, 0.717) is 16.8 Å². The summed E-state index contributed by atoms with van der Waals surface area (Å²) in [6.07, 6.45) is 0. The van der Waals surface area contributed by atoms with E-state index in [4.69, 9.17) is 11.6 Å². The van der Waals surface area contributed by atoms with Gasteiger partial charge in [-0.25, -0.2) is 9.18 Å². The Labute approximate surface area is 125 Å². The predicted molar refractivity (Wildman–Crippen MR) is 77.6 cm³/mol. The van der Waals surface area contributed by atoms with E-state index in [9.17, 15) is 19.1 Å². The van der Waals surface area contributed by atoms with Crippen molar-refractivity contribution in [3.05, 3.63) is 67.8 Å². The lowest BCUT2D eigenvalue weighted by molar-refractivity contribution is 0.0694. The summed E-state index contributed by atoms with van der Waals surface area (Å²) in [5, 5.41) is 9.18. The first-order valence-corrected chi connectivity index (χ1v) is 6.57. The molecule has 0 fully saturated rings. The molecule has 0 unspecified atom stereocenters. The van der Waals surface area contributed by atoms with Gasteiger partial charge >= 0.3 is 5.97 Å². The molecule has 110 valence electrons. The summed E-state index contributed by atoms with van der Waals surface area (Å²) in [5.74, 6) is -1.63. The molecule has 2 rings (SSSR count).